The maximum atomic E-state index is 13.7. The highest BCUT2D eigenvalue weighted by molar-refractivity contribution is 5.69. The Labute approximate surface area is 122 Å². The van der Waals surface area contributed by atoms with Gasteiger partial charge in [-0.15, -0.1) is 0 Å². The monoisotopic (exact) mass is 294 g/mol. The highest BCUT2D eigenvalue weighted by Crippen LogP contribution is 2.50. The van der Waals surface area contributed by atoms with Gasteiger partial charge in [0, 0.05) is 11.5 Å². The minimum Gasteiger partial charge on any atom is -0.486 e. The highest BCUT2D eigenvalue weighted by Gasteiger charge is 2.37. The molecule has 1 aliphatic heterocycles. The summed E-state index contributed by atoms with van der Waals surface area (Å²) >= 11 is 0. The van der Waals surface area contributed by atoms with E-state index in [1.165, 1.54) is 6.92 Å². The van der Waals surface area contributed by atoms with Crippen molar-refractivity contribution in [2.24, 2.45) is 5.92 Å². The van der Waals surface area contributed by atoms with Crippen molar-refractivity contribution in [2.45, 2.75) is 38.3 Å². The number of hydrogen-bond acceptors (Lipinski definition) is 3. The van der Waals surface area contributed by atoms with E-state index in [0.29, 0.717) is 36.2 Å². The molecule has 114 valence electrons. The third-order valence-corrected chi connectivity index (χ3v) is 4.14. The van der Waals surface area contributed by atoms with Gasteiger partial charge in [-0.2, -0.15) is 0 Å². The fourth-order valence-electron chi connectivity index (χ4n) is 2.93. The van der Waals surface area contributed by atoms with Crippen molar-refractivity contribution in [1.29, 1.82) is 0 Å². The number of fused-ring (bicyclic) bond motifs is 1. The SMILES string of the molecule is CC(F)c1cc2c(c(C(CC(=O)O)C3CC3)c1)OCCO2. The van der Waals surface area contributed by atoms with Crippen LogP contribution in [0.5, 0.6) is 11.5 Å². The summed E-state index contributed by atoms with van der Waals surface area (Å²) in [5.74, 6) is 0.520. The Morgan fingerprint density at radius 2 is 2.10 bits per heavy atom. The van der Waals surface area contributed by atoms with Crippen LogP contribution in [-0.2, 0) is 4.79 Å². The first-order valence-corrected chi connectivity index (χ1v) is 7.35. The normalized spacial score (nSPS) is 19.9. The van der Waals surface area contributed by atoms with Crippen LogP contribution in [0.4, 0.5) is 4.39 Å². The molecule has 1 fully saturated rings. The van der Waals surface area contributed by atoms with Crippen LogP contribution in [-0.4, -0.2) is 24.3 Å². The van der Waals surface area contributed by atoms with E-state index in [0.717, 1.165) is 18.4 Å². The van der Waals surface area contributed by atoms with E-state index in [4.69, 9.17) is 14.6 Å². The van der Waals surface area contributed by atoms with Crippen LogP contribution in [0.1, 0.15) is 49.4 Å². The molecule has 0 amide bonds. The molecule has 1 aromatic carbocycles. The van der Waals surface area contributed by atoms with Crippen molar-refractivity contribution in [3.05, 3.63) is 23.3 Å². The molecule has 3 rings (SSSR count). The summed E-state index contributed by atoms with van der Waals surface area (Å²) < 4.78 is 25.0. The van der Waals surface area contributed by atoms with Gasteiger partial charge in [0.1, 0.15) is 19.4 Å². The second kappa shape index (κ2) is 5.54. The molecule has 4 nitrogen and oxygen atoms in total. The van der Waals surface area contributed by atoms with Crippen molar-refractivity contribution in [3.8, 4) is 11.5 Å². The Kier molecular flexibility index (Phi) is 3.74. The zero-order chi connectivity index (χ0) is 15.0. The molecular weight excluding hydrogens is 275 g/mol. The third-order valence-electron chi connectivity index (χ3n) is 4.14. The largest absolute Gasteiger partial charge is 0.486 e. The minimum absolute atomic E-state index is 0.0462. The molecule has 1 N–H and O–H groups in total. The fraction of sp³-hybridized carbons (Fsp3) is 0.562. The van der Waals surface area contributed by atoms with Crippen LogP contribution < -0.4 is 9.47 Å². The highest BCUT2D eigenvalue weighted by atomic mass is 19.1. The van der Waals surface area contributed by atoms with Crippen LogP contribution in [0.3, 0.4) is 0 Å². The van der Waals surface area contributed by atoms with Gasteiger partial charge in [0.05, 0.1) is 6.42 Å². The predicted octanol–water partition coefficient (Wildman–Crippen LogP) is 3.46. The summed E-state index contributed by atoms with van der Waals surface area (Å²) in [5, 5.41) is 9.16. The number of carboxylic acids is 1. The second-order valence-corrected chi connectivity index (χ2v) is 5.79. The molecule has 0 aromatic heterocycles. The molecule has 1 heterocycles. The zero-order valence-corrected chi connectivity index (χ0v) is 12.0. The lowest BCUT2D eigenvalue weighted by Gasteiger charge is -2.26. The first-order valence-electron chi connectivity index (χ1n) is 7.35. The molecule has 2 atom stereocenters. The lowest BCUT2D eigenvalue weighted by molar-refractivity contribution is -0.137. The number of benzene rings is 1. The number of carbonyl (C=O) groups is 1. The van der Waals surface area contributed by atoms with E-state index in [1.807, 2.05) is 0 Å². The molecular formula is C16H19FO4. The average molecular weight is 294 g/mol. The molecule has 2 aliphatic rings. The van der Waals surface area contributed by atoms with Gasteiger partial charge in [-0.05, 0) is 43.4 Å². The smallest absolute Gasteiger partial charge is 0.303 e. The molecule has 0 spiro atoms. The summed E-state index contributed by atoms with van der Waals surface area (Å²) in [6.07, 6.45) is 0.959. The van der Waals surface area contributed by atoms with Crippen molar-refractivity contribution in [1.82, 2.24) is 0 Å². The summed E-state index contributed by atoms with van der Waals surface area (Å²) in [7, 11) is 0. The van der Waals surface area contributed by atoms with Crippen molar-refractivity contribution >= 4 is 5.97 Å². The standard InChI is InChI=1S/C16H19FO4/c1-9(17)11-6-13(12(8-15(18)19)10-2-3-10)16-14(7-11)20-4-5-21-16/h6-7,9-10,12H,2-5,8H2,1H3,(H,18,19). The van der Waals surface area contributed by atoms with Crippen LogP contribution in [0.15, 0.2) is 12.1 Å². The van der Waals surface area contributed by atoms with Gasteiger partial charge in [0.25, 0.3) is 0 Å². The number of alkyl halides is 1. The number of aliphatic carboxylic acids is 1. The van der Waals surface area contributed by atoms with Gasteiger partial charge in [-0.1, -0.05) is 0 Å². The lowest BCUT2D eigenvalue weighted by Crippen LogP contribution is -2.19. The number of halogens is 1. The van der Waals surface area contributed by atoms with Crippen molar-refractivity contribution in [2.75, 3.05) is 13.2 Å². The molecule has 21 heavy (non-hydrogen) atoms. The topological polar surface area (TPSA) is 55.8 Å². The van der Waals surface area contributed by atoms with Crippen molar-refractivity contribution < 1.29 is 23.8 Å². The number of hydrogen-bond donors (Lipinski definition) is 1. The maximum Gasteiger partial charge on any atom is 0.303 e. The predicted molar refractivity (Wildman–Crippen MR) is 74.7 cm³/mol. The van der Waals surface area contributed by atoms with Crippen LogP contribution in [0, 0.1) is 5.92 Å². The van der Waals surface area contributed by atoms with E-state index < -0.39 is 12.1 Å². The molecule has 1 aromatic rings. The Morgan fingerprint density at radius 3 is 2.71 bits per heavy atom. The first-order chi connectivity index (χ1) is 10.1. The summed E-state index contributed by atoms with van der Waals surface area (Å²) in [6.45, 7) is 2.34. The van der Waals surface area contributed by atoms with Gasteiger partial charge in [-0.3, -0.25) is 4.79 Å². The number of ether oxygens (including phenoxy) is 2. The Morgan fingerprint density at radius 1 is 1.38 bits per heavy atom. The van der Waals surface area contributed by atoms with Gasteiger partial charge in [0.2, 0.25) is 0 Å². The Balaban J connectivity index is 2.05. The van der Waals surface area contributed by atoms with Gasteiger partial charge in [0.15, 0.2) is 11.5 Å². The minimum atomic E-state index is -1.12. The Bertz CT molecular complexity index is 551. The van der Waals surface area contributed by atoms with E-state index in [2.05, 4.69) is 0 Å². The fourth-order valence-corrected chi connectivity index (χ4v) is 2.93. The molecule has 1 aliphatic carbocycles. The van der Waals surface area contributed by atoms with E-state index in [9.17, 15) is 9.18 Å². The van der Waals surface area contributed by atoms with Crippen LogP contribution in [0.2, 0.25) is 0 Å². The summed E-state index contributed by atoms with van der Waals surface area (Å²) in [4.78, 5) is 11.2. The van der Waals surface area contributed by atoms with Crippen molar-refractivity contribution in [3.63, 3.8) is 0 Å². The van der Waals surface area contributed by atoms with Gasteiger partial charge < -0.3 is 14.6 Å². The van der Waals surface area contributed by atoms with Crippen LogP contribution >= 0.6 is 0 Å². The van der Waals surface area contributed by atoms with E-state index in [1.54, 1.807) is 12.1 Å². The van der Waals surface area contributed by atoms with Gasteiger partial charge >= 0.3 is 5.97 Å². The molecule has 0 bridgehead atoms. The van der Waals surface area contributed by atoms with Crippen LogP contribution in [0.25, 0.3) is 0 Å². The number of carboxylic acid groups (broad SMARTS) is 1. The third kappa shape index (κ3) is 2.96. The zero-order valence-electron chi connectivity index (χ0n) is 12.0. The second-order valence-electron chi connectivity index (χ2n) is 5.79. The molecule has 0 saturated heterocycles. The van der Waals surface area contributed by atoms with Gasteiger partial charge in [-0.25, -0.2) is 4.39 Å². The molecule has 0 radical (unpaired) electrons. The molecule has 5 heteroatoms. The summed E-state index contributed by atoms with van der Waals surface area (Å²) in [5.41, 5.74) is 1.31. The molecule has 1 saturated carbocycles. The summed E-state index contributed by atoms with van der Waals surface area (Å²) in [6, 6.07) is 3.41. The quantitative estimate of drug-likeness (QED) is 0.903. The lowest BCUT2D eigenvalue weighted by atomic mass is 9.88. The number of rotatable bonds is 5. The Hall–Kier alpha value is -1.78. The average Bonchev–Trinajstić information content (AvgIpc) is 3.28. The molecule has 2 unspecified atom stereocenters. The van der Waals surface area contributed by atoms with E-state index in [-0.39, 0.29) is 12.3 Å². The maximum absolute atomic E-state index is 13.7. The van der Waals surface area contributed by atoms with E-state index >= 15 is 0 Å². The first kappa shape index (κ1) is 14.2.